The molecule has 0 spiro atoms. The molecule has 2 unspecified atom stereocenters. The first-order chi connectivity index (χ1) is 9.03. The van der Waals surface area contributed by atoms with Crippen molar-refractivity contribution in [3.63, 3.8) is 0 Å². The molecule has 0 amide bonds. The third kappa shape index (κ3) is 3.80. The summed E-state index contributed by atoms with van der Waals surface area (Å²) in [6.07, 6.45) is 3.56. The third-order valence-electron chi connectivity index (χ3n) is 3.96. The van der Waals surface area contributed by atoms with Gasteiger partial charge in [-0.15, -0.1) is 0 Å². The molecule has 19 heavy (non-hydrogen) atoms. The molecule has 1 fully saturated rings. The van der Waals surface area contributed by atoms with E-state index in [2.05, 4.69) is 27.6 Å². The van der Waals surface area contributed by atoms with Gasteiger partial charge in [0.05, 0.1) is 4.90 Å². The fraction of sp³-hybridized carbons (Fsp3) is 0.571. The molecule has 1 aromatic carbocycles. The zero-order valence-electron chi connectivity index (χ0n) is 11.1. The first kappa shape index (κ1) is 15.0. The number of alkyl halides is 1. The molecule has 1 N–H and O–H groups in total. The molecule has 0 radical (unpaired) electrons. The van der Waals surface area contributed by atoms with Gasteiger partial charge in [0.15, 0.2) is 0 Å². The van der Waals surface area contributed by atoms with Crippen molar-refractivity contribution in [3.05, 3.63) is 29.8 Å². The largest absolute Gasteiger partial charge is 0.240 e. The maximum atomic E-state index is 12.2. The van der Waals surface area contributed by atoms with Crippen molar-refractivity contribution in [3.8, 4) is 0 Å². The Morgan fingerprint density at radius 2 is 1.95 bits per heavy atom. The number of sulfonamides is 1. The summed E-state index contributed by atoms with van der Waals surface area (Å²) < 4.78 is 27.1. The van der Waals surface area contributed by atoms with Crippen molar-refractivity contribution < 1.29 is 8.42 Å². The van der Waals surface area contributed by atoms with Crippen LogP contribution in [0.2, 0.25) is 0 Å². The first-order valence-electron chi connectivity index (χ1n) is 6.67. The average Bonchev–Trinajstić information content (AvgIpc) is 2.82. The van der Waals surface area contributed by atoms with Crippen molar-refractivity contribution in [1.82, 2.24) is 4.72 Å². The SMILES string of the molecule is CC1CCCC1CNS(=O)(=O)c1ccc(CBr)cc1. The molecule has 106 valence electrons. The molecule has 1 aromatic rings. The molecule has 2 atom stereocenters. The molecular weight excluding hydrogens is 326 g/mol. The lowest BCUT2D eigenvalue weighted by atomic mass is 9.99. The maximum Gasteiger partial charge on any atom is 0.240 e. The molecule has 3 nitrogen and oxygen atoms in total. The van der Waals surface area contributed by atoms with E-state index in [-0.39, 0.29) is 0 Å². The van der Waals surface area contributed by atoms with Crippen LogP contribution in [0.5, 0.6) is 0 Å². The van der Waals surface area contributed by atoms with Crippen molar-refractivity contribution in [1.29, 1.82) is 0 Å². The minimum Gasteiger partial charge on any atom is -0.211 e. The predicted octanol–water partition coefficient (Wildman–Crippen LogP) is 3.30. The number of halogens is 1. The van der Waals surface area contributed by atoms with Gasteiger partial charge in [0.1, 0.15) is 0 Å². The van der Waals surface area contributed by atoms with Crippen LogP contribution in [-0.2, 0) is 15.4 Å². The Hall–Kier alpha value is -0.390. The second-order valence-electron chi connectivity index (χ2n) is 5.30. The van der Waals surface area contributed by atoms with E-state index in [1.165, 1.54) is 12.8 Å². The molecule has 0 aromatic heterocycles. The highest BCUT2D eigenvalue weighted by Crippen LogP contribution is 2.30. The minimum atomic E-state index is -3.36. The Morgan fingerprint density at radius 3 is 2.47 bits per heavy atom. The van der Waals surface area contributed by atoms with Crippen molar-refractivity contribution in [2.24, 2.45) is 11.8 Å². The molecule has 1 aliphatic rings. The Kier molecular flexibility index (Phi) is 5.03. The van der Waals surface area contributed by atoms with Crippen LogP contribution in [0.4, 0.5) is 0 Å². The summed E-state index contributed by atoms with van der Waals surface area (Å²) in [7, 11) is -3.36. The second-order valence-corrected chi connectivity index (χ2v) is 7.63. The normalized spacial score (nSPS) is 23.7. The molecule has 2 rings (SSSR count). The second kappa shape index (κ2) is 6.37. The van der Waals surface area contributed by atoms with Gasteiger partial charge in [-0.1, -0.05) is 47.8 Å². The van der Waals surface area contributed by atoms with Gasteiger partial charge in [-0.05, 0) is 36.0 Å². The average molecular weight is 346 g/mol. The Balaban J connectivity index is 2.01. The van der Waals surface area contributed by atoms with E-state index >= 15 is 0 Å². The van der Waals surface area contributed by atoms with Crippen molar-refractivity contribution >= 4 is 26.0 Å². The molecule has 0 saturated heterocycles. The number of hydrogen-bond donors (Lipinski definition) is 1. The summed E-state index contributed by atoms with van der Waals surface area (Å²) in [6.45, 7) is 2.76. The van der Waals surface area contributed by atoms with E-state index in [4.69, 9.17) is 0 Å². The van der Waals surface area contributed by atoms with E-state index in [0.29, 0.717) is 23.3 Å². The van der Waals surface area contributed by atoms with Gasteiger partial charge in [0.25, 0.3) is 0 Å². The monoisotopic (exact) mass is 345 g/mol. The standard InChI is InChI=1S/C14H20BrNO2S/c1-11-3-2-4-13(11)10-16-19(17,18)14-7-5-12(9-15)6-8-14/h5-8,11,13,16H,2-4,9-10H2,1H3. The lowest BCUT2D eigenvalue weighted by molar-refractivity contribution is 0.414. The quantitative estimate of drug-likeness (QED) is 0.832. The summed E-state index contributed by atoms with van der Waals surface area (Å²) in [5.74, 6) is 1.11. The van der Waals surface area contributed by atoms with E-state index in [0.717, 1.165) is 17.3 Å². The van der Waals surface area contributed by atoms with Crippen LogP contribution >= 0.6 is 15.9 Å². The lowest BCUT2D eigenvalue weighted by Crippen LogP contribution is -2.30. The topological polar surface area (TPSA) is 46.2 Å². The van der Waals surface area contributed by atoms with E-state index in [1.54, 1.807) is 12.1 Å². The third-order valence-corrected chi connectivity index (χ3v) is 6.05. The molecule has 0 aliphatic heterocycles. The fourth-order valence-corrected chi connectivity index (χ4v) is 4.05. The summed E-state index contributed by atoms with van der Waals surface area (Å²) >= 11 is 3.35. The van der Waals surface area contributed by atoms with E-state index < -0.39 is 10.0 Å². The molecule has 0 bridgehead atoms. The number of rotatable bonds is 5. The van der Waals surface area contributed by atoms with Gasteiger partial charge in [-0.2, -0.15) is 0 Å². The van der Waals surface area contributed by atoms with Gasteiger partial charge >= 0.3 is 0 Å². The zero-order valence-corrected chi connectivity index (χ0v) is 13.5. The van der Waals surface area contributed by atoms with Crippen LogP contribution in [0, 0.1) is 11.8 Å². The zero-order chi connectivity index (χ0) is 13.9. The van der Waals surface area contributed by atoms with Gasteiger partial charge in [0.2, 0.25) is 10.0 Å². The van der Waals surface area contributed by atoms with Crippen LogP contribution in [0.25, 0.3) is 0 Å². The summed E-state index contributed by atoms with van der Waals surface area (Å²) in [5.41, 5.74) is 1.07. The summed E-state index contributed by atoms with van der Waals surface area (Å²) in [4.78, 5) is 0.350. The van der Waals surface area contributed by atoms with Crippen LogP contribution in [0.3, 0.4) is 0 Å². The van der Waals surface area contributed by atoms with Gasteiger partial charge in [0, 0.05) is 11.9 Å². The molecular formula is C14H20BrNO2S. The number of benzene rings is 1. The molecule has 1 saturated carbocycles. The van der Waals surface area contributed by atoms with Crippen LogP contribution in [0.1, 0.15) is 31.7 Å². The van der Waals surface area contributed by atoms with Crippen molar-refractivity contribution in [2.45, 2.75) is 36.4 Å². The Labute approximate surface area is 124 Å². The molecule has 5 heteroatoms. The first-order valence-corrected chi connectivity index (χ1v) is 9.28. The van der Waals surface area contributed by atoms with Crippen molar-refractivity contribution in [2.75, 3.05) is 6.54 Å². The highest BCUT2D eigenvalue weighted by atomic mass is 79.9. The van der Waals surface area contributed by atoms with Crippen LogP contribution in [0.15, 0.2) is 29.2 Å². The van der Waals surface area contributed by atoms with E-state index in [1.807, 2.05) is 12.1 Å². The van der Waals surface area contributed by atoms with Gasteiger partial charge < -0.3 is 0 Å². The maximum absolute atomic E-state index is 12.2. The molecule has 0 heterocycles. The van der Waals surface area contributed by atoms with Gasteiger partial charge in [-0.3, -0.25) is 0 Å². The van der Waals surface area contributed by atoms with Crippen LogP contribution < -0.4 is 4.72 Å². The number of hydrogen-bond acceptors (Lipinski definition) is 2. The highest BCUT2D eigenvalue weighted by Gasteiger charge is 2.25. The lowest BCUT2D eigenvalue weighted by Gasteiger charge is -2.16. The van der Waals surface area contributed by atoms with E-state index in [9.17, 15) is 8.42 Å². The Bertz CT molecular complexity index is 513. The Morgan fingerprint density at radius 1 is 1.26 bits per heavy atom. The highest BCUT2D eigenvalue weighted by molar-refractivity contribution is 9.08. The smallest absolute Gasteiger partial charge is 0.211 e. The fourth-order valence-electron chi connectivity index (χ4n) is 2.58. The summed E-state index contributed by atoms with van der Waals surface area (Å²) in [5, 5.41) is 0.736. The van der Waals surface area contributed by atoms with Crippen LogP contribution in [-0.4, -0.2) is 15.0 Å². The summed E-state index contributed by atoms with van der Waals surface area (Å²) in [6, 6.07) is 7.00. The number of nitrogens with one attached hydrogen (secondary N) is 1. The minimum absolute atomic E-state index is 0.350. The predicted molar refractivity (Wildman–Crippen MR) is 80.8 cm³/mol. The molecule has 1 aliphatic carbocycles. The van der Waals surface area contributed by atoms with Gasteiger partial charge in [-0.25, -0.2) is 13.1 Å².